The van der Waals surface area contributed by atoms with Crippen molar-refractivity contribution in [3.63, 3.8) is 0 Å². The van der Waals surface area contributed by atoms with Gasteiger partial charge in [-0.1, -0.05) is 29.3 Å². The van der Waals surface area contributed by atoms with E-state index in [0.717, 1.165) is 70.1 Å². The van der Waals surface area contributed by atoms with Crippen molar-refractivity contribution in [1.29, 1.82) is 0 Å². The van der Waals surface area contributed by atoms with Crippen LogP contribution in [0.4, 0.5) is 0 Å². The fourth-order valence-corrected chi connectivity index (χ4v) is 3.74. The molecule has 1 aliphatic rings. The van der Waals surface area contributed by atoms with Crippen LogP contribution in [-0.2, 0) is 15.9 Å². The minimum Gasteiger partial charge on any atom is -0.385 e. The molecule has 160 valence electrons. The van der Waals surface area contributed by atoms with E-state index in [1.165, 1.54) is 0 Å². The zero-order chi connectivity index (χ0) is 19.5. The Morgan fingerprint density at radius 1 is 1.21 bits per heavy atom. The SMILES string of the molecule is CCNC(=NCCc1c(Cl)cccc1Cl)N1CCC(OCCCOC)CC1.I. The molecule has 0 unspecified atom stereocenters. The standard InChI is InChI=1S/C20H31Cl2N3O2.HI/c1-3-23-20(24-11-8-17-18(21)6-4-7-19(17)22)25-12-9-16(10-13-25)27-15-5-14-26-2;/h4,6-7,16H,3,5,8-15H2,1-2H3,(H,23,24);1H. The summed E-state index contributed by atoms with van der Waals surface area (Å²) in [6.45, 7) is 7.02. The van der Waals surface area contributed by atoms with Crippen molar-refractivity contribution in [2.24, 2.45) is 4.99 Å². The maximum Gasteiger partial charge on any atom is 0.193 e. The van der Waals surface area contributed by atoms with Gasteiger partial charge in [-0.2, -0.15) is 0 Å². The molecule has 2 rings (SSSR count). The third kappa shape index (κ3) is 8.61. The van der Waals surface area contributed by atoms with Gasteiger partial charge < -0.3 is 19.7 Å². The van der Waals surface area contributed by atoms with Crippen molar-refractivity contribution in [2.45, 2.75) is 38.7 Å². The summed E-state index contributed by atoms with van der Waals surface area (Å²) in [4.78, 5) is 7.10. The first kappa shape index (κ1) is 25.8. The van der Waals surface area contributed by atoms with Crippen LogP contribution in [0.2, 0.25) is 10.0 Å². The van der Waals surface area contributed by atoms with Crippen LogP contribution in [0.15, 0.2) is 23.2 Å². The van der Waals surface area contributed by atoms with Gasteiger partial charge in [0, 0.05) is 56.5 Å². The maximum absolute atomic E-state index is 6.25. The van der Waals surface area contributed by atoms with Crippen molar-refractivity contribution in [3.05, 3.63) is 33.8 Å². The summed E-state index contributed by atoms with van der Waals surface area (Å²) in [5.41, 5.74) is 0.962. The van der Waals surface area contributed by atoms with E-state index in [1.807, 2.05) is 18.2 Å². The lowest BCUT2D eigenvalue weighted by atomic mass is 10.1. The molecule has 0 amide bonds. The Balaban J connectivity index is 0.00000392. The number of nitrogens with zero attached hydrogens (tertiary/aromatic N) is 2. The van der Waals surface area contributed by atoms with Gasteiger partial charge in [0.25, 0.3) is 0 Å². The van der Waals surface area contributed by atoms with Crippen molar-refractivity contribution in [1.82, 2.24) is 10.2 Å². The van der Waals surface area contributed by atoms with E-state index in [4.69, 9.17) is 37.7 Å². The predicted octanol–water partition coefficient (Wildman–Crippen LogP) is 4.64. The zero-order valence-corrected chi connectivity index (χ0v) is 20.6. The van der Waals surface area contributed by atoms with Crippen LogP contribution in [0.1, 0.15) is 31.7 Å². The number of rotatable bonds is 9. The van der Waals surface area contributed by atoms with Crippen molar-refractivity contribution in [3.8, 4) is 0 Å². The normalized spacial score (nSPS) is 15.4. The molecular weight excluding hydrogens is 512 g/mol. The topological polar surface area (TPSA) is 46.1 Å². The lowest BCUT2D eigenvalue weighted by molar-refractivity contribution is 0.00991. The third-order valence-electron chi connectivity index (χ3n) is 4.61. The molecule has 0 spiro atoms. The molecule has 5 nitrogen and oxygen atoms in total. The van der Waals surface area contributed by atoms with E-state index in [-0.39, 0.29) is 24.0 Å². The van der Waals surface area contributed by atoms with E-state index in [1.54, 1.807) is 7.11 Å². The monoisotopic (exact) mass is 543 g/mol. The van der Waals surface area contributed by atoms with Gasteiger partial charge in [0.05, 0.1) is 6.10 Å². The second kappa shape index (κ2) is 14.7. The van der Waals surface area contributed by atoms with E-state index < -0.39 is 0 Å². The molecule has 1 aromatic carbocycles. The number of guanidine groups is 1. The number of piperidine rings is 1. The minimum absolute atomic E-state index is 0. The third-order valence-corrected chi connectivity index (χ3v) is 5.32. The Labute approximate surface area is 196 Å². The largest absolute Gasteiger partial charge is 0.385 e. The second-order valence-corrected chi connectivity index (χ2v) is 7.40. The van der Waals surface area contributed by atoms with Gasteiger partial charge in [0.1, 0.15) is 0 Å². The van der Waals surface area contributed by atoms with E-state index in [9.17, 15) is 0 Å². The van der Waals surface area contributed by atoms with E-state index >= 15 is 0 Å². The van der Waals surface area contributed by atoms with Gasteiger partial charge in [-0.25, -0.2) is 0 Å². The van der Waals surface area contributed by atoms with Crippen LogP contribution in [0, 0.1) is 0 Å². The Kier molecular flexibility index (Phi) is 13.5. The predicted molar refractivity (Wildman–Crippen MR) is 129 cm³/mol. The molecule has 1 aromatic rings. The van der Waals surface area contributed by atoms with Crippen LogP contribution in [0.25, 0.3) is 0 Å². The quantitative estimate of drug-likeness (QED) is 0.213. The number of ether oxygens (including phenoxy) is 2. The number of hydrogen-bond donors (Lipinski definition) is 1. The molecule has 0 saturated carbocycles. The van der Waals surface area contributed by atoms with Gasteiger partial charge in [-0.15, -0.1) is 24.0 Å². The van der Waals surface area contributed by atoms with Gasteiger partial charge >= 0.3 is 0 Å². The summed E-state index contributed by atoms with van der Waals surface area (Å²) in [6.07, 6.45) is 4.06. The molecule has 1 saturated heterocycles. The Morgan fingerprint density at radius 3 is 2.50 bits per heavy atom. The molecule has 0 radical (unpaired) electrons. The van der Waals surface area contributed by atoms with E-state index in [0.29, 0.717) is 22.7 Å². The Morgan fingerprint density at radius 2 is 1.89 bits per heavy atom. The first-order valence-electron chi connectivity index (χ1n) is 9.72. The van der Waals surface area contributed by atoms with Gasteiger partial charge in [-0.05, 0) is 50.3 Å². The van der Waals surface area contributed by atoms with Gasteiger partial charge in [0.2, 0.25) is 0 Å². The van der Waals surface area contributed by atoms with Gasteiger partial charge in [0.15, 0.2) is 5.96 Å². The number of likely N-dealkylation sites (tertiary alicyclic amines) is 1. The van der Waals surface area contributed by atoms with E-state index in [2.05, 4.69) is 17.1 Å². The summed E-state index contributed by atoms with van der Waals surface area (Å²) >= 11 is 12.5. The number of nitrogens with one attached hydrogen (secondary N) is 1. The van der Waals surface area contributed by atoms with Crippen LogP contribution in [0.3, 0.4) is 0 Å². The smallest absolute Gasteiger partial charge is 0.193 e. The number of benzene rings is 1. The highest BCUT2D eigenvalue weighted by Crippen LogP contribution is 2.24. The number of hydrogen-bond acceptors (Lipinski definition) is 3. The van der Waals surface area contributed by atoms with Crippen LogP contribution < -0.4 is 5.32 Å². The molecular formula is C20H32Cl2IN3O2. The average Bonchev–Trinajstić information content (AvgIpc) is 2.67. The lowest BCUT2D eigenvalue weighted by Crippen LogP contribution is -2.47. The lowest BCUT2D eigenvalue weighted by Gasteiger charge is -2.34. The fourth-order valence-electron chi connectivity index (χ4n) is 3.16. The molecule has 28 heavy (non-hydrogen) atoms. The first-order valence-corrected chi connectivity index (χ1v) is 10.5. The highest BCUT2D eigenvalue weighted by Gasteiger charge is 2.21. The molecule has 8 heteroatoms. The summed E-state index contributed by atoms with van der Waals surface area (Å²) in [7, 11) is 1.72. The molecule has 1 N–H and O–H groups in total. The maximum atomic E-state index is 6.25. The summed E-state index contributed by atoms with van der Waals surface area (Å²) in [6, 6.07) is 5.60. The molecule has 1 heterocycles. The van der Waals surface area contributed by atoms with Crippen molar-refractivity contribution >= 4 is 53.1 Å². The molecule has 0 atom stereocenters. The fraction of sp³-hybridized carbons (Fsp3) is 0.650. The van der Waals surface area contributed by atoms with Crippen molar-refractivity contribution in [2.75, 3.05) is 46.5 Å². The number of methoxy groups -OCH3 is 1. The summed E-state index contributed by atoms with van der Waals surface area (Å²) in [5, 5.41) is 4.80. The molecule has 0 aromatic heterocycles. The number of aliphatic imine (C=N–C) groups is 1. The molecule has 1 fully saturated rings. The Hall–Kier alpha value is -0.280. The van der Waals surface area contributed by atoms with Crippen LogP contribution >= 0.6 is 47.2 Å². The second-order valence-electron chi connectivity index (χ2n) is 6.59. The van der Waals surface area contributed by atoms with Crippen LogP contribution in [0.5, 0.6) is 0 Å². The Bertz CT molecular complexity index is 577. The van der Waals surface area contributed by atoms with Crippen molar-refractivity contribution < 1.29 is 9.47 Å². The molecule has 1 aliphatic heterocycles. The summed E-state index contributed by atoms with van der Waals surface area (Å²) in [5.74, 6) is 0.957. The highest BCUT2D eigenvalue weighted by molar-refractivity contribution is 14.0. The highest BCUT2D eigenvalue weighted by atomic mass is 127. The molecule has 0 bridgehead atoms. The number of halogens is 3. The average molecular weight is 544 g/mol. The van der Waals surface area contributed by atoms with Crippen LogP contribution in [-0.4, -0.2) is 63.5 Å². The first-order chi connectivity index (χ1) is 13.2. The minimum atomic E-state index is 0. The zero-order valence-electron chi connectivity index (χ0n) is 16.8. The van der Waals surface area contributed by atoms with Gasteiger partial charge in [-0.3, -0.25) is 4.99 Å². The molecule has 0 aliphatic carbocycles. The summed E-state index contributed by atoms with van der Waals surface area (Å²) < 4.78 is 11.0.